The molecule has 0 aliphatic rings. The predicted molar refractivity (Wildman–Crippen MR) is 93.0 cm³/mol. The van der Waals surface area contributed by atoms with Crippen molar-refractivity contribution in [2.24, 2.45) is 0 Å². The molecule has 0 unspecified atom stereocenters. The molecule has 0 N–H and O–H groups in total. The molecule has 0 aliphatic carbocycles. The first-order valence-electron chi connectivity index (χ1n) is 7.96. The van der Waals surface area contributed by atoms with Crippen LogP contribution < -0.4 is 4.74 Å². The van der Waals surface area contributed by atoms with Gasteiger partial charge < -0.3 is 4.74 Å². The van der Waals surface area contributed by atoms with E-state index in [1.807, 2.05) is 31.2 Å². The Balaban J connectivity index is 2.02. The molecule has 3 heteroatoms. The van der Waals surface area contributed by atoms with E-state index in [1.54, 1.807) is 24.3 Å². The molecule has 0 fully saturated rings. The fraction of sp³-hybridized carbons (Fsp3) is 0.143. The van der Waals surface area contributed by atoms with E-state index in [-0.39, 0.29) is 11.6 Å². The van der Waals surface area contributed by atoms with Crippen LogP contribution in [0.4, 0.5) is 8.78 Å². The van der Waals surface area contributed by atoms with Gasteiger partial charge in [-0.1, -0.05) is 43.3 Å². The van der Waals surface area contributed by atoms with Crippen molar-refractivity contribution in [2.45, 2.75) is 13.3 Å². The summed E-state index contributed by atoms with van der Waals surface area (Å²) in [5.74, 6) is -0.102. The molecule has 24 heavy (non-hydrogen) atoms. The fourth-order valence-electron chi connectivity index (χ4n) is 2.62. The van der Waals surface area contributed by atoms with E-state index in [2.05, 4.69) is 0 Å². The van der Waals surface area contributed by atoms with Gasteiger partial charge in [-0.15, -0.1) is 0 Å². The molecule has 0 radical (unpaired) electrons. The van der Waals surface area contributed by atoms with Crippen LogP contribution in [0.1, 0.15) is 13.3 Å². The molecule has 1 nitrogen and oxygen atoms in total. The maximum absolute atomic E-state index is 14.6. The first kappa shape index (κ1) is 16.2. The third kappa shape index (κ3) is 3.46. The summed E-state index contributed by atoms with van der Waals surface area (Å²) in [5.41, 5.74) is 2.97. The molecule has 0 spiro atoms. The molecule has 3 aromatic carbocycles. The Hall–Kier alpha value is -2.68. The highest BCUT2D eigenvalue weighted by atomic mass is 19.1. The summed E-state index contributed by atoms with van der Waals surface area (Å²) in [5, 5.41) is 0. The summed E-state index contributed by atoms with van der Waals surface area (Å²) in [6.07, 6.45) is 0.872. The lowest BCUT2D eigenvalue weighted by Crippen LogP contribution is -1.96. The van der Waals surface area contributed by atoms with Gasteiger partial charge >= 0.3 is 0 Å². The maximum atomic E-state index is 14.6. The zero-order chi connectivity index (χ0) is 16.9. The Bertz CT molecular complexity index is 825. The van der Waals surface area contributed by atoms with E-state index in [1.165, 1.54) is 18.2 Å². The van der Waals surface area contributed by atoms with Crippen molar-refractivity contribution >= 4 is 0 Å². The van der Waals surface area contributed by atoms with Gasteiger partial charge in [0.05, 0.1) is 6.61 Å². The van der Waals surface area contributed by atoms with Gasteiger partial charge in [0, 0.05) is 11.6 Å². The molecule has 0 aliphatic heterocycles. The Labute approximate surface area is 140 Å². The molecule has 3 rings (SSSR count). The Morgan fingerprint density at radius 1 is 0.792 bits per heavy atom. The summed E-state index contributed by atoms with van der Waals surface area (Å²) in [6.45, 7) is 2.56. The zero-order valence-electron chi connectivity index (χ0n) is 13.4. The van der Waals surface area contributed by atoms with Crippen LogP contribution in [0.25, 0.3) is 22.3 Å². The van der Waals surface area contributed by atoms with Gasteiger partial charge in [0.15, 0.2) is 0 Å². The highest BCUT2D eigenvalue weighted by Gasteiger charge is 2.12. The van der Waals surface area contributed by atoms with Crippen LogP contribution >= 0.6 is 0 Å². The van der Waals surface area contributed by atoms with Gasteiger partial charge in [0.1, 0.15) is 17.4 Å². The molecule has 0 atom stereocenters. The minimum atomic E-state index is -0.335. The minimum Gasteiger partial charge on any atom is -0.494 e. The lowest BCUT2D eigenvalue weighted by molar-refractivity contribution is 0.316. The molecule has 0 saturated heterocycles. The summed E-state index contributed by atoms with van der Waals surface area (Å²) in [7, 11) is 0. The van der Waals surface area contributed by atoms with Crippen molar-refractivity contribution in [3.05, 3.63) is 78.4 Å². The van der Waals surface area contributed by atoms with Gasteiger partial charge in [0.2, 0.25) is 0 Å². The third-order valence-corrected chi connectivity index (χ3v) is 3.79. The molecule has 122 valence electrons. The van der Waals surface area contributed by atoms with Crippen LogP contribution in [0.2, 0.25) is 0 Å². The van der Waals surface area contributed by atoms with E-state index >= 15 is 0 Å². The quantitative estimate of drug-likeness (QED) is 0.552. The van der Waals surface area contributed by atoms with Gasteiger partial charge in [-0.3, -0.25) is 0 Å². The van der Waals surface area contributed by atoms with E-state index in [0.717, 1.165) is 23.1 Å². The number of benzene rings is 3. The van der Waals surface area contributed by atoms with Crippen molar-refractivity contribution < 1.29 is 13.5 Å². The standard InChI is InChI=1S/C21H18F2O/c1-2-13-24-17-11-12-20(21(23)14-17)19-6-4-3-5-18(19)15-7-9-16(22)10-8-15/h3-12,14H,2,13H2,1H3. The number of hydrogen-bond donors (Lipinski definition) is 0. The number of halogens is 2. The molecule has 3 aromatic rings. The van der Waals surface area contributed by atoms with Crippen molar-refractivity contribution in [3.63, 3.8) is 0 Å². The molecule has 0 bridgehead atoms. The van der Waals surface area contributed by atoms with Gasteiger partial charge in [0.25, 0.3) is 0 Å². The average Bonchev–Trinajstić information content (AvgIpc) is 2.61. The summed E-state index contributed by atoms with van der Waals surface area (Å²) >= 11 is 0. The predicted octanol–water partition coefficient (Wildman–Crippen LogP) is 6.09. The van der Waals surface area contributed by atoms with Crippen LogP contribution in [0, 0.1) is 11.6 Å². The van der Waals surface area contributed by atoms with Crippen molar-refractivity contribution in [3.8, 4) is 28.0 Å². The van der Waals surface area contributed by atoms with Crippen LogP contribution in [0.5, 0.6) is 5.75 Å². The van der Waals surface area contributed by atoms with Gasteiger partial charge in [-0.25, -0.2) is 8.78 Å². The second kappa shape index (κ2) is 7.26. The van der Waals surface area contributed by atoms with Gasteiger partial charge in [-0.2, -0.15) is 0 Å². The van der Waals surface area contributed by atoms with Gasteiger partial charge in [-0.05, 0) is 47.4 Å². The summed E-state index contributed by atoms with van der Waals surface area (Å²) in [6, 6.07) is 18.6. The Morgan fingerprint density at radius 2 is 1.50 bits per heavy atom. The molecule has 0 aromatic heterocycles. The lowest BCUT2D eigenvalue weighted by atomic mass is 9.94. The lowest BCUT2D eigenvalue weighted by Gasteiger charge is -2.12. The maximum Gasteiger partial charge on any atom is 0.134 e. The van der Waals surface area contributed by atoms with E-state index in [0.29, 0.717) is 17.9 Å². The van der Waals surface area contributed by atoms with Crippen LogP contribution in [-0.2, 0) is 0 Å². The number of rotatable bonds is 5. The van der Waals surface area contributed by atoms with Crippen molar-refractivity contribution in [1.29, 1.82) is 0 Å². The van der Waals surface area contributed by atoms with E-state index in [4.69, 9.17) is 4.74 Å². The number of hydrogen-bond acceptors (Lipinski definition) is 1. The monoisotopic (exact) mass is 324 g/mol. The van der Waals surface area contributed by atoms with Crippen molar-refractivity contribution in [1.82, 2.24) is 0 Å². The first-order chi connectivity index (χ1) is 11.7. The van der Waals surface area contributed by atoms with Crippen LogP contribution in [0.15, 0.2) is 66.7 Å². The second-order valence-corrected chi connectivity index (χ2v) is 5.54. The molecular weight excluding hydrogens is 306 g/mol. The van der Waals surface area contributed by atoms with E-state index in [9.17, 15) is 8.78 Å². The van der Waals surface area contributed by atoms with Crippen LogP contribution in [0.3, 0.4) is 0 Å². The smallest absolute Gasteiger partial charge is 0.134 e. The zero-order valence-corrected chi connectivity index (χ0v) is 13.4. The molecule has 0 amide bonds. The SMILES string of the molecule is CCCOc1ccc(-c2ccccc2-c2ccc(F)cc2)c(F)c1. The number of ether oxygens (including phenoxy) is 1. The largest absolute Gasteiger partial charge is 0.494 e. The third-order valence-electron chi connectivity index (χ3n) is 3.79. The van der Waals surface area contributed by atoms with Crippen molar-refractivity contribution in [2.75, 3.05) is 6.61 Å². The second-order valence-electron chi connectivity index (χ2n) is 5.54. The van der Waals surface area contributed by atoms with Crippen LogP contribution in [-0.4, -0.2) is 6.61 Å². The normalized spacial score (nSPS) is 10.6. The highest BCUT2D eigenvalue weighted by molar-refractivity contribution is 5.83. The average molecular weight is 324 g/mol. The first-order valence-corrected chi connectivity index (χ1v) is 7.96. The molecule has 0 saturated carbocycles. The van der Waals surface area contributed by atoms with E-state index < -0.39 is 0 Å². The topological polar surface area (TPSA) is 9.23 Å². The Morgan fingerprint density at radius 3 is 2.17 bits per heavy atom. The molecular formula is C21H18F2O. The summed E-state index contributed by atoms with van der Waals surface area (Å²) < 4.78 is 33.2. The fourth-order valence-corrected chi connectivity index (χ4v) is 2.62. The highest BCUT2D eigenvalue weighted by Crippen LogP contribution is 2.34. The minimum absolute atomic E-state index is 0.292. The Kier molecular flexibility index (Phi) is 4.90. The summed E-state index contributed by atoms with van der Waals surface area (Å²) in [4.78, 5) is 0. The molecule has 0 heterocycles.